The van der Waals surface area contributed by atoms with Crippen LogP contribution in [0.3, 0.4) is 0 Å². The van der Waals surface area contributed by atoms with Gasteiger partial charge in [-0.15, -0.1) is 0 Å². The molecule has 1 N–H and O–H groups in total. The first-order valence-electron chi connectivity index (χ1n) is 8.22. The highest BCUT2D eigenvalue weighted by atomic mass is 16.5. The van der Waals surface area contributed by atoms with Gasteiger partial charge in [-0.3, -0.25) is 0 Å². The molecule has 0 aliphatic rings. The minimum Gasteiger partial charge on any atom is -0.389 e. The SMILES string of the molecule is COCCc1nc(-c2ccccc2-n2cccn2)n(CC(C)(C)O)n1. The van der Waals surface area contributed by atoms with E-state index in [1.807, 2.05) is 36.5 Å². The molecular weight excluding hydrogens is 318 g/mol. The van der Waals surface area contributed by atoms with E-state index in [4.69, 9.17) is 9.72 Å². The summed E-state index contributed by atoms with van der Waals surface area (Å²) in [6.07, 6.45) is 4.25. The molecule has 0 saturated carbocycles. The van der Waals surface area contributed by atoms with Crippen molar-refractivity contribution in [3.05, 3.63) is 48.5 Å². The molecule has 2 aromatic heterocycles. The third-order valence-electron chi connectivity index (χ3n) is 3.68. The minimum absolute atomic E-state index is 0.343. The van der Waals surface area contributed by atoms with Crippen LogP contribution in [0.25, 0.3) is 17.1 Å². The lowest BCUT2D eigenvalue weighted by Gasteiger charge is -2.18. The number of nitrogens with zero attached hydrogens (tertiary/aromatic N) is 5. The van der Waals surface area contributed by atoms with Gasteiger partial charge in [0.1, 0.15) is 0 Å². The van der Waals surface area contributed by atoms with Crippen LogP contribution < -0.4 is 0 Å². The maximum atomic E-state index is 10.3. The molecule has 0 aliphatic heterocycles. The topological polar surface area (TPSA) is 78.0 Å². The fraction of sp³-hybridized carbons (Fsp3) is 0.389. The van der Waals surface area contributed by atoms with Gasteiger partial charge in [-0.25, -0.2) is 14.3 Å². The van der Waals surface area contributed by atoms with Crippen molar-refractivity contribution in [2.45, 2.75) is 32.4 Å². The number of benzene rings is 1. The number of methoxy groups -OCH3 is 1. The van der Waals surface area contributed by atoms with E-state index in [1.165, 1.54) is 0 Å². The number of aromatic nitrogens is 5. The van der Waals surface area contributed by atoms with Crippen molar-refractivity contribution in [1.29, 1.82) is 0 Å². The molecule has 132 valence electrons. The Labute approximate surface area is 146 Å². The summed E-state index contributed by atoms with van der Waals surface area (Å²) in [5, 5.41) is 19.1. The molecule has 3 aromatic rings. The zero-order valence-corrected chi connectivity index (χ0v) is 14.8. The molecule has 2 heterocycles. The number of hydrogen-bond acceptors (Lipinski definition) is 5. The lowest BCUT2D eigenvalue weighted by atomic mass is 10.1. The third-order valence-corrected chi connectivity index (χ3v) is 3.68. The second-order valence-electron chi connectivity index (χ2n) is 6.53. The van der Waals surface area contributed by atoms with E-state index in [1.54, 1.807) is 36.5 Å². The summed E-state index contributed by atoms with van der Waals surface area (Å²) in [7, 11) is 1.65. The first kappa shape index (κ1) is 17.3. The highest BCUT2D eigenvalue weighted by molar-refractivity contribution is 5.67. The van der Waals surface area contributed by atoms with Gasteiger partial charge in [0.05, 0.1) is 24.4 Å². The number of hydrogen-bond donors (Lipinski definition) is 1. The van der Waals surface area contributed by atoms with Gasteiger partial charge in [0.15, 0.2) is 11.6 Å². The van der Waals surface area contributed by atoms with Crippen molar-refractivity contribution < 1.29 is 9.84 Å². The predicted molar refractivity (Wildman–Crippen MR) is 94.5 cm³/mol. The summed E-state index contributed by atoms with van der Waals surface area (Å²) in [5.41, 5.74) is 0.920. The van der Waals surface area contributed by atoms with Gasteiger partial charge >= 0.3 is 0 Å². The molecule has 3 rings (SSSR count). The van der Waals surface area contributed by atoms with Gasteiger partial charge in [0.25, 0.3) is 0 Å². The Hall–Kier alpha value is -2.51. The van der Waals surface area contributed by atoms with Crippen LogP contribution in [0.5, 0.6) is 0 Å². The number of aliphatic hydroxyl groups is 1. The van der Waals surface area contributed by atoms with Crippen molar-refractivity contribution in [2.24, 2.45) is 0 Å². The smallest absolute Gasteiger partial charge is 0.160 e. The normalized spacial score (nSPS) is 11.8. The molecule has 0 saturated heterocycles. The molecule has 7 heteroatoms. The van der Waals surface area contributed by atoms with Gasteiger partial charge in [0, 0.05) is 31.5 Å². The lowest BCUT2D eigenvalue weighted by Crippen LogP contribution is -2.27. The summed E-state index contributed by atoms with van der Waals surface area (Å²) in [6.45, 7) is 4.40. The Morgan fingerprint density at radius 3 is 2.68 bits per heavy atom. The molecule has 7 nitrogen and oxygen atoms in total. The number of para-hydroxylation sites is 1. The summed E-state index contributed by atoms with van der Waals surface area (Å²) in [4.78, 5) is 4.69. The molecule has 0 aliphatic carbocycles. The second kappa shape index (κ2) is 7.16. The average molecular weight is 341 g/mol. The molecule has 0 spiro atoms. The summed E-state index contributed by atoms with van der Waals surface area (Å²) >= 11 is 0. The fourth-order valence-corrected chi connectivity index (χ4v) is 2.64. The van der Waals surface area contributed by atoms with E-state index in [-0.39, 0.29) is 0 Å². The van der Waals surface area contributed by atoms with E-state index in [0.717, 1.165) is 11.3 Å². The van der Waals surface area contributed by atoms with Crippen molar-refractivity contribution in [2.75, 3.05) is 13.7 Å². The van der Waals surface area contributed by atoms with Gasteiger partial charge in [-0.2, -0.15) is 10.2 Å². The largest absolute Gasteiger partial charge is 0.389 e. The Morgan fingerprint density at radius 2 is 2.00 bits per heavy atom. The monoisotopic (exact) mass is 341 g/mol. The lowest BCUT2D eigenvalue weighted by molar-refractivity contribution is 0.0580. The molecule has 0 fully saturated rings. The molecule has 0 atom stereocenters. The molecule has 0 unspecified atom stereocenters. The molecule has 25 heavy (non-hydrogen) atoms. The quantitative estimate of drug-likeness (QED) is 0.712. The van der Waals surface area contributed by atoms with E-state index < -0.39 is 5.60 Å². The maximum Gasteiger partial charge on any atom is 0.160 e. The Bertz CT molecular complexity index is 818. The van der Waals surface area contributed by atoms with Crippen molar-refractivity contribution in [3.8, 4) is 17.1 Å². The van der Waals surface area contributed by atoms with Crippen molar-refractivity contribution in [1.82, 2.24) is 24.5 Å². The number of rotatable bonds is 7. The first-order chi connectivity index (χ1) is 12.0. The van der Waals surface area contributed by atoms with E-state index >= 15 is 0 Å². The Kier molecular flexibility index (Phi) is 4.96. The summed E-state index contributed by atoms with van der Waals surface area (Å²) in [5.74, 6) is 1.40. The zero-order chi connectivity index (χ0) is 17.9. The van der Waals surface area contributed by atoms with Crippen LogP contribution >= 0.6 is 0 Å². The van der Waals surface area contributed by atoms with Gasteiger partial charge in [0.2, 0.25) is 0 Å². The third kappa shape index (κ3) is 4.12. The maximum absolute atomic E-state index is 10.3. The van der Waals surface area contributed by atoms with Crippen LogP contribution in [0.2, 0.25) is 0 Å². The zero-order valence-electron chi connectivity index (χ0n) is 14.8. The predicted octanol–water partition coefficient (Wildman–Crippen LogP) is 2.09. The average Bonchev–Trinajstić information content (AvgIpc) is 3.21. The van der Waals surface area contributed by atoms with Crippen LogP contribution in [-0.4, -0.2) is 49.0 Å². The highest BCUT2D eigenvalue weighted by Crippen LogP contribution is 2.26. The number of ether oxygens (including phenoxy) is 1. The van der Waals surface area contributed by atoms with Crippen LogP contribution in [-0.2, 0) is 17.7 Å². The summed E-state index contributed by atoms with van der Waals surface area (Å²) in [6, 6.07) is 9.77. The first-order valence-corrected chi connectivity index (χ1v) is 8.22. The van der Waals surface area contributed by atoms with Crippen LogP contribution in [0.15, 0.2) is 42.7 Å². The molecule has 0 amide bonds. The fourth-order valence-electron chi connectivity index (χ4n) is 2.64. The molecular formula is C18H23N5O2. The van der Waals surface area contributed by atoms with E-state index in [0.29, 0.717) is 31.2 Å². The van der Waals surface area contributed by atoms with Crippen LogP contribution in [0.1, 0.15) is 19.7 Å². The summed E-state index contributed by atoms with van der Waals surface area (Å²) < 4.78 is 8.69. The Morgan fingerprint density at radius 1 is 1.20 bits per heavy atom. The van der Waals surface area contributed by atoms with E-state index in [9.17, 15) is 5.11 Å². The van der Waals surface area contributed by atoms with Crippen molar-refractivity contribution >= 4 is 0 Å². The highest BCUT2D eigenvalue weighted by Gasteiger charge is 2.21. The molecule has 0 bridgehead atoms. The van der Waals surface area contributed by atoms with Gasteiger partial charge in [-0.05, 0) is 32.0 Å². The second-order valence-corrected chi connectivity index (χ2v) is 6.53. The standard InChI is InChI=1S/C18H23N5O2/c1-18(2,24)13-23-17(20-16(21-23)9-12-25-3)14-7-4-5-8-15(14)22-11-6-10-19-22/h4-8,10-11,24H,9,12-13H2,1-3H3. The van der Waals surface area contributed by atoms with E-state index in [2.05, 4.69) is 10.2 Å². The van der Waals surface area contributed by atoms with Crippen molar-refractivity contribution in [3.63, 3.8) is 0 Å². The van der Waals surface area contributed by atoms with Crippen LogP contribution in [0.4, 0.5) is 0 Å². The van der Waals surface area contributed by atoms with Gasteiger partial charge in [-0.1, -0.05) is 12.1 Å². The minimum atomic E-state index is -0.901. The molecule has 1 aromatic carbocycles. The molecule has 0 radical (unpaired) electrons. The Balaban J connectivity index is 2.08. The van der Waals surface area contributed by atoms with Gasteiger partial charge < -0.3 is 9.84 Å². The van der Waals surface area contributed by atoms with Crippen LogP contribution in [0, 0.1) is 0 Å².